The third-order valence-corrected chi connectivity index (χ3v) is 5.81. The van der Waals surface area contributed by atoms with Crippen LogP contribution in [0.2, 0.25) is 0 Å². The number of imidazole rings is 1. The van der Waals surface area contributed by atoms with E-state index in [4.69, 9.17) is 4.74 Å². The number of carbonyl (C=O) groups is 2. The first-order valence-electron chi connectivity index (χ1n) is 10.6. The number of Topliss-reactive ketones (excluding diaryl/α,β-unsaturated/α-hetero) is 1. The second kappa shape index (κ2) is 8.56. The molecule has 1 amide bonds. The van der Waals surface area contributed by atoms with Crippen molar-refractivity contribution in [2.45, 2.75) is 72.4 Å². The SMILES string of the molecule is CCN(C(=O)Cn1c(C(=O)C(C)(C)C)nc2ccc(OC)cc21)C1CCCCC1. The molecule has 6 nitrogen and oxygen atoms in total. The summed E-state index contributed by atoms with van der Waals surface area (Å²) in [6, 6.07) is 5.82. The van der Waals surface area contributed by atoms with Gasteiger partial charge in [-0.25, -0.2) is 4.98 Å². The molecule has 0 bridgehead atoms. The van der Waals surface area contributed by atoms with Crippen LogP contribution in [0.3, 0.4) is 0 Å². The monoisotopic (exact) mass is 399 g/mol. The van der Waals surface area contributed by atoms with Gasteiger partial charge in [0.2, 0.25) is 11.7 Å². The molecule has 1 aliphatic carbocycles. The van der Waals surface area contributed by atoms with Gasteiger partial charge in [-0.2, -0.15) is 0 Å². The molecule has 0 radical (unpaired) electrons. The number of nitrogens with zero attached hydrogens (tertiary/aromatic N) is 3. The second-order valence-electron chi connectivity index (χ2n) is 8.93. The largest absolute Gasteiger partial charge is 0.497 e. The van der Waals surface area contributed by atoms with Crippen molar-refractivity contribution in [2.75, 3.05) is 13.7 Å². The lowest BCUT2D eigenvalue weighted by molar-refractivity contribution is -0.134. The number of hydrogen-bond acceptors (Lipinski definition) is 4. The molecule has 3 rings (SSSR count). The Morgan fingerprint density at radius 1 is 1.21 bits per heavy atom. The Hall–Kier alpha value is -2.37. The first-order valence-corrected chi connectivity index (χ1v) is 10.6. The minimum Gasteiger partial charge on any atom is -0.497 e. The smallest absolute Gasteiger partial charge is 0.242 e. The molecule has 1 heterocycles. The summed E-state index contributed by atoms with van der Waals surface area (Å²) in [5, 5.41) is 0. The van der Waals surface area contributed by atoms with E-state index >= 15 is 0 Å². The lowest BCUT2D eigenvalue weighted by atomic mass is 9.90. The zero-order chi connectivity index (χ0) is 21.2. The molecule has 158 valence electrons. The summed E-state index contributed by atoms with van der Waals surface area (Å²) in [7, 11) is 1.61. The van der Waals surface area contributed by atoms with Crippen LogP contribution >= 0.6 is 0 Å². The van der Waals surface area contributed by atoms with Gasteiger partial charge in [-0.1, -0.05) is 40.0 Å². The van der Waals surface area contributed by atoms with Gasteiger partial charge in [0, 0.05) is 24.1 Å². The van der Waals surface area contributed by atoms with Crippen LogP contribution < -0.4 is 4.74 Å². The molecular weight excluding hydrogens is 366 g/mol. The quantitative estimate of drug-likeness (QED) is 0.673. The van der Waals surface area contributed by atoms with Gasteiger partial charge in [-0.15, -0.1) is 0 Å². The molecule has 0 spiro atoms. The highest BCUT2D eigenvalue weighted by Gasteiger charge is 2.31. The lowest BCUT2D eigenvalue weighted by Crippen LogP contribution is -2.43. The van der Waals surface area contributed by atoms with Crippen LogP contribution in [0, 0.1) is 5.41 Å². The Morgan fingerprint density at radius 2 is 1.90 bits per heavy atom. The van der Waals surface area contributed by atoms with E-state index < -0.39 is 5.41 Å². The molecule has 1 saturated carbocycles. The van der Waals surface area contributed by atoms with Gasteiger partial charge in [0.15, 0.2) is 5.82 Å². The van der Waals surface area contributed by atoms with E-state index in [2.05, 4.69) is 4.98 Å². The molecule has 6 heteroatoms. The summed E-state index contributed by atoms with van der Waals surface area (Å²) in [4.78, 5) is 33.0. The van der Waals surface area contributed by atoms with Crippen molar-refractivity contribution < 1.29 is 14.3 Å². The van der Waals surface area contributed by atoms with E-state index in [9.17, 15) is 9.59 Å². The van der Waals surface area contributed by atoms with Crippen molar-refractivity contribution in [1.29, 1.82) is 0 Å². The van der Waals surface area contributed by atoms with Gasteiger partial charge in [0.1, 0.15) is 12.3 Å². The summed E-state index contributed by atoms with van der Waals surface area (Å²) in [6.45, 7) is 8.46. The topological polar surface area (TPSA) is 64.4 Å². The summed E-state index contributed by atoms with van der Waals surface area (Å²) in [6.07, 6.45) is 5.72. The van der Waals surface area contributed by atoms with Crippen LogP contribution in [0.15, 0.2) is 18.2 Å². The summed E-state index contributed by atoms with van der Waals surface area (Å²) in [5.41, 5.74) is 0.872. The molecule has 0 saturated heterocycles. The Bertz CT molecular complexity index is 889. The molecule has 0 atom stereocenters. The highest BCUT2D eigenvalue weighted by Crippen LogP contribution is 2.28. The maximum absolute atomic E-state index is 13.3. The van der Waals surface area contributed by atoms with Crippen molar-refractivity contribution in [1.82, 2.24) is 14.5 Å². The molecule has 0 unspecified atom stereocenters. The van der Waals surface area contributed by atoms with Gasteiger partial charge in [-0.3, -0.25) is 9.59 Å². The third-order valence-electron chi connectivity index (χ3n) is 5.81. The van der Waals surface area contributed by atoms with Crippen LogP contribution in [0.25, 0.3) is 11.0 Å². The van der Waals surface area contributed by atoms with E-state index in [0.717, 1.165) is 18.4 Å². The van der Waals surface area contributed by atoms with Crippen LogP contribution in [0.5, 0.6) is 5.75 Å². The van der Waals surface area contributed by atoms with E-state index in [1.807, 2.05) is 50.8 Å². The fourth-order valence-corrected chi connectivity index (χ4v) is 4.16. The Kier molecular flexibility index (Phi) is 6.30. The van der Waals surface area contributed by atoms with Crippen molar-refractivity contribution >= 4 is 22.7 Å². The first-order chi connectivity index (χ1) is 13.8. The van der Waals surface area contributed by atoms with Crippen LogP contribution in [0.1, 0.15) is 70.4 Å². The summed E-state index contributed by atoms with van der Waals surface area (Å²) < 4.78 is 7.14. The molecule has 29 heavy (non-hydrogen) atoms. The molecular formula is C23H33N3O3. The molecule has 1 aromatic carbocycles. The zero-order valence-electron chi connectivity index (χ0n) is 18.3. The molecule has 1 fully saturated rings. The van der Waals surface area contributed by atoms with E-state index in [1.165, 1.54) is 19.3 Å². The fourth-order valence-electron chi connectivity index (χ4n) is 4.16. The predicted octanol–water partition coefficient (Wildman–Crippen LogP) is 4.45. The van der Waals surface area contributed by atoms with Crippen LogP contribution in [-0.2, 0) is 11.3 Å². The predicted molar refractivity (Wildman–Crippen MR) is 114 cm³/mol. The van der Waals surface area contributed by atoms with Crippen LogP contribution in [0.4, 0.5) is 0 Å². The lowest BCUT2D eigenvalue weighted by Gasteiger charge is -2.34. The third kappa shape index (κ3) is 4.46. The van der Waals surface area contributed by atoms with Crippen molar-refractivity contribution in [3.05, 3.63) is 24.0 Å². The average molecular weight is 400 g/mol. The van der Waals surface area contributed by atoms with Crippen molar-refractivity contribution in [3.8, 4) is 5.75 Å². The Labute approximate surface area is 173 Å². The maximum atomic E-state index is 13.3. The summed E-state index contributed by atoms with van der Waals surface area (Å²) in [5.74, 6) is 1.000. The first kappa shape index (κ1) is 21.3. The number of ether oxygens (including phenoxy) is 1. The molecule has 0 N–H and O–H groups in total. The fraction of sp³-hybridized carbons (Fsp3) is 0.609. The van der Waals surface area contributed by atoms with Crippen molar-refractivity contribution in [3.63, 3.8) is 0 Å². The second-order valence-corrected chi connectivity index (χ2v) is 8.93. The number of carbonyl (C=O) groups excluding carboxylic acids is 2. The number of ketones is 1. The van der Waals surface area contributed by atoms with E-state index in [-0.39, 0.29) is 18.2 Å². The minimum atomic E-state index is -0.583. The Balaban J connectivity index is 2.01. The molecule has 1 aliphatic rings. The zero-order valence-corrected chi connectivity index (χ0v) is 18.3. The van der Waals surface area contributed by atoms with E-state index in [0.29, 0.717) is 29.7 Å². The number of fused-ring (bicyclic) bond motifs is 1. The van der Waals surface area contributed by atoms with Gasteiger partial charge < -0.3 is 14.2 Å². The minimum absolute atomic E-state index is 0.0458. The van der Waals surface area contributed by atoms with E-state index in [1.54, 1.807) is 11.7 Å². The highest BCUT2D eigenvalue weighted by atomic mass is 16.5. The molecule has 1 aromatic heterocycles. The maximum Gasteiger partial charge on any atom is 0.242 e. The number of aromatic nitrogens is 2. The standard InChI is InChI=1S/C23H33N3O3/c1-6-25(16-10-8-7-9-11-16)20(27)15-26-19-14-17(29-5)12-13-18(19)24-22(26)21(28)23(2,3)4/h12-14,16H,6-11,15H2,1-5H3. The van der Waals surface area contributed by atoms with Gasteiger partial charge in [-0.05, 0) is 31.9 Å². The summed E-state index contributed by atoms with van der Waals surface area (Å²) >= 11 is 0. The van der Waals surface area contributed by atoms with Crippen LogP contribution in [-0.4, -0.2) is 45.8 Å². The molecule has 2 aromatic rings. The Morgan fingerprint density at radius 3 is 2.48 bits per heavy atom. The number of hydrogen-bond donors (Lipinski definition) is 0. The van der Waals surface area contributed by atoms with Gasteiger partial charge in [0.25, 0.3) is 0 Å². The van der Waals surface area contributed by atoms with Gasteiger partial charge >= 0.3 is 0 Å². The van der Waals surface area contributed by atoms with Gasteiger partial charge in [0.05, 0.1) is 18.1 Å². The highest BCUT2D eigenvalue weighted by molar-refractivity contribution is 6.00. The number of benzene rings is 1. The number of amides is 1. The number of likely N-dealkylation sites (N-methyl/N-ethyl adjacent to an activating group) is 1. The number of methoxy groups -OCH3 is 1. The number of rotatable bonds is 6. The average Bonchev–Trinajstić information content (AvgIpc) is 3.05. The normalized spacial score (nSPS) is 15.5. The molecule has 0 aliphatic heterocycles. The van der Waals surface area contributed by atoms with Crippen molar-refractivity contribution in [2.24, 2.45) is 5.41 Å².